The van der Waals surface area contributed by atoms with E-state index in [1.165, 1.54) is 138 Å². The lowest BCUT2D eigenvalue weighted by Gasteiger charge is -2.31. The molecular weight excluding hydrogens is 1560 g/mol. The number of rotatable bonds is 0. The summed E-state index contributed by atoms with van der Waals surface area (Å²) < 4.78 is 29.5. The minimum absolute atomic E-state index is 0.0112. The molecule has 6 heteroatoms. The summed E-state index contributed by atoms with van der Waals surface area (Å²) >= 11 is 2.19. The third-order valence-corrected chi connectivity index (χ3v) is 34.3. The number of carbonyl (C=O) groups is 2. The Bertz CT molecular complexity index is 4980. The van der Waals surface area contributed by atoms with E-state index in [0.717, 1.165) is 83.1 Å². The summed E-state index contributed by atoms with van der Waals surface area (Å²) in [4.78, 5) is 31.8. The molecule has 14 atom stereocenters. The lowest BCUT2D eigenvalue weighted by atomic mass is 9.74. The van der Waals surface area contributed by atoms with Gasteiger partial charge in [0.1, 0.15) is 5.78 Å². The van der Waals surface area contributed by atoms with E-state index < -0.39 is 11.8 Å². The number of thioether (sulfide) groups is 1. The van der Waals surface area contributed by atoms with Crippen LogP contribution in [0.25, 0.3) is 0 Å². The molecule has 14 unspecified atom stereocenters. The van der Waals surface area contributed by atoms with Crippen LogP contribution in [0.5, 0.6) is 0 Å². The number of carbonyl (C=O) groups excluding carboxylic acids is 2. The number of alkyl halides is 2. The zero-order chi connectivity index (χ0) is 93.5. The van der Waals surface area contributed by atoms with E-state index >= 15 is 0 Å². The fourth-order valence-electron chi connectivity index (χ4n) is 26.9. The van der Waals surface area contributed by atoms with Crippen LogP contribution in [0.4, 0.5) is 8.78 Å². The average Bonchev–Trinajstić information content (AvgIpc) is 1.59. The zero-order valence-electron chi connectivity index (χ0n) is 87.1. The van der Waals surface area contributed by atoms with E-state index in [9.17, 15) is 18.4 Å². The van der Waals surface area contributed by atoms with Gasteiger partial charge in [0.05, 0.1) is 5.92 Å². The van der Waals surface area contributed by atoms with Gasteiger partial charge in [0.15, 0.2) is 5.78 Å². The normalized spacial score (nSPS) is 26.7. The second-order valence-corrected chi connectivity index (χ2v) is 55.9. The molecule has 0 radical (unpaired) electrons. The van der Waals surface area contributed by atoms with Gasteiger partial charge in [0.25, 0.3) is 5.92 Å². The minimum Gasteiger partial charge on any atom is -0.299 e. The van der Waals surface area contributed by atoms with Crippen LogP contribution in [-0.4, -0.2) is 27.7 Å². The molecule has 0 saturated heterocycles. The molecule has 6 saturated carbocycles. The van der Waals surface area contributed by atoms with Gasteiger partial charge in [-0.1, -0.05) is 349 Å². The summed E-state index contributed by atoms with van der Waals surface area (Å²) in [6, 6.07) is 23.2. The molecule has 0 N–H and O–H groups in total. The van der Waals surface area contributed by atoms with E-state index in [4.69, 9.17) is 4.98 Å². The van der Waals surface area contributed by atoms with Gasteiger partial charge >= 0.3 is 0 Å². The number of nitrogens with zero attached hydrogens (tertiary/aromatic N) is 1. The fourth-order valence-corrected chi connectivity index (χ4v) is 28.9. The van der Waals surface area contributed by atoms with Crippen molar-refractivity contribution in [1.29, 1.82) is 0 Å². The van der Waals surface area contributed by atoms with Crippen LogP contribution in [0, 0.1) is 29.6 Å². The molecule has 1 aliphatic heterocycles. The Kier molecular flexibility index (Phi) is 26.3. The molecule has 11 aliphatic carbocycles. The van der Waals surface area contributed by atoms with Gasteiger partial charge in [0.2, 0.25) is 0 Å². The Morgan fingerprint density at radius 1 is 0.317 bits per heavy atom. The molecule has 2 heterocycles. The molecule has 3 nitrogen and oxygen atoms in total. The second kappa shape index (κ2) is 33.8. The molecule has 6 aromatic rings. The molecule has 5 aromatic carbocycles. The van der Waals surface area contributed by atoms with Gasteiger partial charge < -0.3 is 0 Å². The predicted octanol–water partition coefficient (Wildman–Crippen LogP) is 34.2. The molecule has 6 fully saturated rings. The Balaban J connectivity index is 0.000000130. The highest BCUT2D eigenvalue weighted by Crippen LogP contribution is 2.66. The molecular formula is C120H175F2NO2S. The molecule has 18 rings (SSSR count). The number of hydrogen-bond donors (Lipinski definition) is 0. The van der Waals surface area contributed by atoms with Crippen molar-refractivity contribution in [3.63, 3.8) is 0 Å². The summed E-state index contributed by atoms with van der Waals surface area (Å²) in [5.74, 6) is 4.70. The Hall–Kier alpha value is -5.20. The van der Waals surface area contributed by atoms with Crippen LogP contribution in [0.1, 0.15) is 546 Å². The van der Waals surface area contributed by atoms with Gasteiger partial charge in [-0.15, -0.1) is 11.8 Å². The second-order valence-electron chi connectivity index (χ2n) is 54.6. The van der Waals surface area contributed by atoms with Gasteiger partial charge in [-0.25, -0.2) is 8.78 Å². The van der Waals surface area contributed by atoms with Crippen molar-refractivity contribution >= 4 is 23.3 Å². The first-order chi connectivity index (χ1) is 57.6. The van der Waals surface area contributed by atoms with E-state index in [0.29, 0.717) is 29.8 Å². The number of pyridine rings is 1. The molecule has 0 amide bonds. The van der Waals surface area contributed by atoms with E-state index in [2.05, 4.69) is 342 Å². The third-order valence-electron chi connectivity index (χ3n) is 32.8. The Labute approximate surface area is 773 Å². The third kappa shape index (κ3) is 18.6. The molecule has 692 valence electrons. The average molecular weight is 1730 g/mol. The van der Waals surface area contributed by atoms with Crippen molar-refractivity contribution < 1.29 is 18.4 Å². The maximum Gasteiger partial charge on any atom is 0.255 e. The molecule has 12 aliphatic rings. The van der Waals surface area contributed by atoms with E-state index in [1.54, 1.807) is 55.0 Å². The number of benzene rings is 5. The number of halogens is 2. The van der Waals surface area contributed by atoms with Crippen LogP contribution in [0.2, 0.25) is 0 Å². The van der Waals surface area contributed by atoms with Crippen LogP contribution in [-0.2, 0) is 82.6 Å². The number of aromatic nitrogens is 1. The molecule has 1 aromatic heterocycles. The SMILES string of the molecule is CC(C)(C)c1ccc(C(C)(C)C)c2c1C(=O)C1CCCC21.CC(C)(C)c1ccc(C(C)(C)C)c2c1CC1C(=O)CCC21.CC(C)(C)c1ccc(C(C)(C)C)c2c1SC1CCCC21.CC(C)(C)c1cnc(C(C)(C)C)c2c1C1CCCC1C2.CC1c2c(C(C)(C)C)ccc(C(C)(C)C)c2C2C1CCC2(F)F.CC1c2c(C(C)(C)C)ccc(C(C)(C)C)c2C2CCCC12. The first-order valence-electron chi connectivity index (χ1n) is 50.6. The molecule has 126 heavy (non-hydrogen) atoms. The van der Waals surface area contributed by atoms with Crippen LogP contribution >= 0.6 is 11.8 Å². The topological polar surface area (TPSA) is 47.0 Å². The number of ketones is 2. The van der Waals surface area contributed by atoms with Crippen molar-refractivity contribution in [3.05, 3.63) is 195 Å². The smallest absolute Gasteiger partial charge is 0.255 e. The maximum atomic E-state index is 14.7. The standard InChI is InChI=1S/C21H30F2.C21H32.2C20H28O.C19H29N.C19H28S/c1-12-13-10-11-21(22,23)18(13)17-15(20(5,6)7)9-8-14(16(12)17)19(2,3)4;1-13-14-9-8-10-15(14)19-17(21(5,6)7)12-11-16(18(13)19)20(2,3)4;1-19(2,3)15-8-9-16(20(4,5)6)18-12-7-10-17(21)13(12)11-14(15)18;1-19(2,3)14-10-11-15(20(4,5)6)17-16(14)12-8-7-9-13(12)18(17)21;1-18(2,3)15-11-20-17(19(4,5)6)14-10-12-8-7-9-13(12)16(14)15;1-18(2,3)13-10-11-14(19(4,5)6)17-16(13)12-8-7-9-15(12)20-17/h8-9,12-13,18H,10-11H2,1-7H3;11-15H,8-10H2,1-7H3;8-9,12-13H,7,10-11H2,1-6H3;10-13H,7-9H2,1-6H3;11-13H,7-10H2,1-6H3;10-12,15H,7-9H2,1-6H3. The highest BCUT2D eigenvalue weighted by Gasteiger charge is 2.59. The first kappa shape index (κ1) is 98.3. The van der Waals surface area contributed by atoms with Crippen molar-refractivity contribution in [2.45, 2.75) is 507 Å². The van der Waals surface area contributed by atoms with Gasteiger partial charge in [-0.05, 0) is 313 Å². The van der Waals surface area contributed by atoms with Crippen molar-refractivity contribution in [1.82, 2.24) is 4.98 Å². The van der Waals surface area contributed by atoms with Crippen molar-refractivity contribution in [2.24, 2.45) is 29.6 Å². The van der Waals surface area contributed by atoms with E-state index in [-0.39, 0.29) is 95.1 Å². The lowest BCUT2D eigenvalue weighted by molar-refractivity contribution is -0.120. The predicted molar refractivity (Wildman–Crippen MR) is 537 cm³/mol. The quantitative estimate of drug-likeness (QED) is 0.152. The number of Topliss-reactive ketones (excluding diaryl/α,β-unsaturated/α-hetero) is 2. The summed E-state index contributed by atoms with van der Waals surface area (Å²) in [6.45, 7) is 87.3. The van der Waals surface area contributed by atoms with Crippen molar-refractivity contribution in [2.75, 3.05) is 0 Å². The number of fused-ring (bicyclic) bond motifs is 18. The van der Waals surface area contributed by atoms with E-state index in [1.807, 2.05) is 0 Å². The zero-order valence-corrected chi connectivity index (χ0v) is 87.9. The maximum absolute atomic E-state index is 14.7. The van der Waals surface area contributed by atoms with Crippen LogP contribution in [0.15, 0.2) is 71.8 Å². The highest BCUT2D eigenvalue weighted by molar-refractivity contribution is 8.00. The fraction of sp³-hybridized carbons (Fsp3) is 0.692. The molecule has 0 spiro atoms. The Morgan fingerprint density at radius 3 is 1.21 bits per heavy atom. The van der Waals surface area contributed by atoms with Gasteiger partial charge in [-0.3, -0.25) is 14.6 Å². The lowest BCUT2D eigenvalue weighted by Crippen LogP contribution is -2.26. The summed E-state index contributed by atoms with van der Waals surface area (Å²) in [7, 11) is 0. The first-order valence-corrected chi connectivity index (χ1v) is 51.5. The summed E-state index contributed by atoms with van der Waals surface area (Å²) in [5.41, 5.74) is 35.2. The largest absolute Gasteiger partial charge is 0.299 e. The summed E-state index contributed by atoms with van der Waals surface area (Å²) in [5, 5.41) is 0.856. The van der Waals surface area contributed by atoms with Crippen molar-refractivity contribution in [3.8, 4) is 0 Å². The number of hydrogen-bond acceptors (Lipinski definition) is 4. The Morgan fingerprint density at radius 2 is 0.698 bits per heavy atom. The molecule has 0 bridgehead atoms. The highest BCUT2D eigenvalue weighted by atomic mass is 32.2. The summed E-state index contributed by atoms with van der Waals surface area (Å²) in [6.07, 6.45) is 23.3. The monoisotopic (exact) mass is 1730 g/mol. The minimum atomic E-state index is -2.55. The van der Waals surface area contributed by atoms with Crippen LogP contribution in [0.3, 0.4) is 0 Å². The van der Waals surface area contributed by atoms with Gasteiger partial charge in [-0.2, -0.15) is 0 Å². The van der Waals surface area contributed by atoms with Crippen LogP contribution < -0.4 is 0 Å². The van der Waals surface area contributed by atoms with Gasteiger partial charge in [0, 0.05) is 57.7 Å².